The highest BCUT2D eigenvalue weighted by molar-refractivity contribution is 5.88. The maximum atomic E-state index is 11.1. The molecule has 0 bridgehead atoms. The molecule has 0 aliphatic carbocycles. The zero-order valence-corrected chi connectivity index (χ0v) is 15.7. The number of carboxylic acids is 1. The number of methoxy groups -OCH3 is 1. The summed E-state index contributed by atoms with van der Waals surface area (Å²) in [6, 6.07) is 15.5. The Bertz CT molecular complexity index is 763. The Morgan fingerprint density at radius 3 is 2.81 bits per heavy atom. The molecule has 0 saturated carbocycles. The summed E-state index contributed by atoms with van der Waals surface area (Å²) in [4.78, 5) is 13.3. The zero-order chi connectivity index (χ0) is 19.2. The summed E-state index contributed by atoms with van der Waals surface area (Å²) in [5.74, 6) is -0.0591. The SMILES string of the molecule is COc1cccc(C(C)NCC2COCCN2c2ccc(C(=O)O)cc2)c1. The molecule has 0 spiro atoms. The first-order chi connectivity index (χ1) is 13.1. The lowest BCUT2D eigenvalue weighted by molar-refractivity contribution is 0.0696. The lowest BCUT2D eigenvalue weighted by Crippen LogP contribution is -2.50. The van der Waals surface area contributed by atoms with Gasteiger partial charge in [-0.25, -0.2) is 4.79 Å². The summed E-state index contributed by atoms with van der Waals surface area (Å²) in [5, 5.41) is 12.7. The Kier molecular flexibility index (Phi) is 6.32. The van der Waals surface area contributed by atoms with Crippen molar-refractivity contribution in [1.82, 2.24) is 5.32 Å². The minimum atomic E-state index is -0.908. The Labute approximate surface area is 159 Å². The molecule has 1 fully saturated rings. The Balaban J connectivity index is 1.65. The smallest absolute Gasteiger partial charge is 0.335 e. The first kappa shape index (κ1) is 19.2. The van der Waals surface area contributed by atoms with Gasteiger partial charge in [-0.05, 0) is 48.9 Å². The highest BCUT2D eigenvalue weighted by Gasteiger charge is 2.24. The van der Waals surface area contributed by atoms with Gasteiger partial charge in [0.1, 0.15) is 5.75 Å². The number of nitrogens with one attached hydrogen (secondary N) is 1. The van der Waals surface area contributed by atoms with Crippen LogP contribution in [0, 0.1) is 0 Å². The molecule has 2 aromatic rings. The number of rotatable bonds is 7. The van der Waals surface area contributed by atoms with Crippen molar-refractivity contribution in [1.29, 1.82) is 0 Å². The number of hydrogen-bond donors (Lipinski definition) is 2. The largest absolute Gasteiger partial charge is 0.497 e. The second-order valence-electron chi connectivity index (χ2n) is 6.68. The van der Waals surface area contributed by atoms with Crippen molar-refractivity contribution in [3.63, 3.8) is 0 Å². The molecule has 0 radical (unpaired) electrons. The molecule has 2 aromatic carbocycles. The quantitative estimate of drug-likeness (QED) is 0.781. The van der Waals surface area contributed by atoms with E-state index in [0.717, 1.165) is 24.5 Å². The third-order valence-corrected chi connectivity index (χ3v) is 4.93. The van der Waals surface area contributed by atoms with Gasteiger partial charge in [-0.15, -0.1) is 0 Å². The molecular formula is C21H26N2O4. The number of anilines is 1. The fraction of sp³-hybridized carbons (Fsp3) is 0.381. The van der Waals surface area contributed by atoms with Crippen molar-refractivity contribution in [3.05, 3.63) is 59.7 Å². The van der Waals surface area contributed by atoms with E-state index in [1.54, 1.807) is 19.2 Å². The van der Waals surface area contributed by atoms with Gasteiger partial charge in [0.25, 0.3) is 0 Å². The van der Waals surface area contributed by atoms with Crippen LogP contribution in [0.1, 0.15) is 28.9 Å². The number of nitrogens with zero attached hydrogens (tertiary/aromatic N) is 1. The fourth-order valence-corrected chi connectivity index (χ4v) is 3.30. The van der Waals surface area contributed by atoms with Gasteiger partial charge >= 0.3 is 5.97 Å². The van der Waals surface area contributed by atoms with Crippen LogP contribution in [-0.2, 0) is 4.74 Å². The molecule has 6 heteroatoms. The highest BCUT2D eigenvalue weighted by Crippen LogP contribution is 2.22. The van der Waals surface area contributed by atoms with Gasteiger partial charge < -0.3 is 24.8 Å². The number of carboxylic acid groups (broad SMARTS) is 1. The van der Waals surface area contributed by atoms with Gasteiger partial charge in [-0.3, -0.25) is 0 Å². The molecule has 1 saturated heterocycles. The first-order valence-electron chi connectivity index (χ1n) is 9.13. The number of aromatic carboxylic acids is 1. The van der Waals surface area contributed by atoms with Crippen molar-refractivity contribution >= 4 is 11.7 Å². The summed E-state index contributed by atoms with van der Waals surface area (Å²) in [6.45, 7) is 4.98. The van der Waals surface area contributed by atoms with Crippen molar-refractivity contribution < 1.29 is 19.4 Å². The van der Waals surface area contributed by atoms with Gasteiger partial charge in [-0.2, -0.15) is 0 Å². The molecule has 2 atom stereocenters. The van der Waals surface area contributed by atoms with Gasteiger partial charge in [0.05, 0.1) is 31.9 Å². The fourth-order valence-electron chi connectivity index (χ4n) is 3.30. The normalized spacial score (nSPS) is 18.1. The highest BCUT2D eigenvalue weighted by atomic mass is 16.5. The van der Waals surface area contributed by atoms with E-state index in [-0.39, 0.29) is 12.1 Å². The van der Waals surface area contributed by atoms with Gasteiger partial charge in [-0.1, -0.05) is 12.1 Å². The average Bonchev–Trinajstić information content (AvgIpc) is 2.72. The predicted molar refractivity (Wildman–Crippen MR) is 105 cm³/mol. The molecule has 27 heavy (non-hydrogen) atoms. The van der Waals surface area contributed by atoms with Crippen LogP contribution in [0.5, 0.6) is 5.75 Å². The molecule has 2 N–H and O–H groups in total. The second kappa shape index (κ2) is 8.88. The maximum absolute atomic E-state index is 11.1. The summed E-state index contributed by atoms with van der Waals surface area (Å²) < 4.78 is 11.0. The van der Waals surface area contributed by atoms with Gasteiger partial charge in [0, 0.05) is 24.8 Å². The molecule has 144 valence electrons. The number of morpholine rings is 1. The first-order valence-corrected chi connectivity index (χ1v) is 9.13. The Morgan fingerprint density at radius 2 is 2.11 bits per heavy atom. The third kappa shape index (κ3) is 4.78. The monoisotopic (exact) mass is 370 g/mol. The van der Waals surface area contributed by atoms with Crippen molar-refractivity contribution in [2.24, 2.45) is 0 Å². The van der Waals surface area contributed by atoms with E-state index in [9.17, 15) is 4.79 Å². The minimum absolute atomic E-state index is 0.179. The minimum Gasteiger partial charge on any atom is -0.497 e. The van der Waals surface area contributed by atoms with E-state index < -0.39 is 5.97 Å². The summed E-state index contributed by atoms with van der Waals surface area (Å²) >= 11 is 0. The Hall–Kier alpha value is -2.57. The number of carbonyl (C=O) groups is 1. The molecule has 2 unspecified atom stereocenters. The van der Waals surface area contributed by atoms with Crippen molar-refractivity contribution in [3.8, 4) is 5.75 Å². The van der Waals surface area contributed by atoms with E-state index in [1.165, 1.54) is 5.56 Å². The molecule has 6 nitrogen and oxygen atoms in total. The summed E-state index contributed by atoms with van der Waals surface area (Å²) in [7, 11) is 1.67. The molecule has 0 amide bonds. The third-order valence-electron chi connectivity index (χ3n) is 4.93. The lowest BCUT2D eigenvalue weighted by Gasteiger charge is -2.38. The number of hydrogen-bond acceptors (Lipinski definition) is 5. The van der Waals surface area contributed by atoms with E-state index in [2.05, 4.69) is 23.2 Å². The van der Waals surface area contributed by atoms with Crippen LogP contribution in [-0.4, -0.2) is 50.5 Å². The van der Waals surface area contributed by atoms with Crippen LogP contribution >= 0.6 is 0 Å². The van der Waals surface area contributed by atoms with Crippen LogP contribution in [0.4, 0.5) is 5.69 Å². The van der Waals surface area contributed by atoms with Crippen molar-refractivity contribution in [2.75, 3.05) is 38.3 Å². The number of ether oxygens (including phenoxy) is 2. The standard InChI is InChI=1S/C21H26N2O4/c1-15(17-4-3-5-20(12-17)26-2)22-13-19-14-27-11-10-23(19)18-8-6-16(7-9-18)21(24)25/h3-9,12,15,19,22H,10-11,13-14H2,1-2H3,(H,24,25). The predicted octanol–water partition coefficient (Wildman–Crippen LogP) is 2.95. The van der Waals surface area contributed by atoms with E-state index in [1.807, 2.05) is 30.3 Å². The summed E-state index contributed by atoms with van der Waals surface area (Å²) in [5.41, 5.74) is 2.49. The lowest BCUT2D eigenvalue weighted by atomic mass is 10.1. The molecule has 3 rings (SSSR count). The molecular weight excluding hydrogens is 344 g/mol. The number of benzene rings is 2. The molecule has 1 aliphatic heterocycles. The van der Waals surface area contributed by atoms with Crippen LogP contribution in [0.3, 0.4) is 0 Å². The summed E-state index contributed by atoms with van der Waals surface area (Å²) in [6.07, 6.45) is 0. The Morgan fingerprint density at radius 1 is 1.33 bits per heavy atom. The zero-order valence-electron chi connectivity index (χ0n) is 15.7. The van der Waals surface area contributed by atoms with Crippen LogP contribution < -0.4 is 15.0 Å². The van der Waals surface area contributed by atoms with E-state index >= 15 is 0 Å². The second-order valence-corrected chi connectivity index (χ2v) is 6.68. The van der Waals surface area contributed by atoms with Crippen LogP contribution in [0.2, 0.25) is 0 Å². The van der Waals surface area contributed by atoms with Gasteiger partial charge in [0.2, 0.25) is 0 Å². The van der Waals surface area contributed by atoms with Crippen LogP contribution in [0.25, 0.3) is 0 Å². The van der Waals surface area contributed by atoms with Crippen molar-refractivity contribution in [2.45, 2.75) is 19.0 Å². The van der Waals surface area contributed by atoms with Crippen LogP contribution in [0.15, 0.2) is 48.5 Å². The van der Waals surface area contributed by atoms with Gasteiger partial charge in [0.15, 0.2) is 0 Å². The molecule has 1 heterocycles. The molecule has 1 aliphatic rings. The topological polar surface area (TPSA) is 71.0 Å². The molecule has 0 aromatic heterocycles. The average molecular weight is 370 g/mol. The maximum Gasteiger partial charge on any atom is 0.335 e. The van der Waals surface area contributed by atoms with E-state index in [0.29, 0.717) is 18.8 Å². The van der Waals surface area contributed by atoms with E-state index in [4.69, 9.17) is 14.6 Å².